The summed E-state index contributed by atoms with van der Waals surface area (Å²) in [6, 6.07) is 2.63. The molecule has 0 radical (unpaired) electrons. The van der Waals surface area contributed by atoms with E-state index >= 15 is 0 Å². The number of rotatable bonds is 1. The highest BCUT2D eigenvalue weighted by Gasteiger charge is 2.17. The number of carboxylic acids is 1. The molecule has 0 saturated carbocycles. The van der Waals surface area contributed by atoms with Gasteiger partial charge in [-0.05, 0) is 12.5 Å². The monoisotopic (exact) mass is 194 g/mol. The Morgan fingerprint density at radius 3 is 3.00 bits per heavy atom. The minimum Gasteiger partial charge on any atom is -0.478 e. The van der Waals surface area contributed by atoms with Crippen molar-refractivity contribution in [3.8, 4) is 0 Å². The van der Waals surface area contributed by atoms with Crippen molar-refractivity contribution in [3.05, 3.63) is 28.0 Å². The second kappa shape index (κ2) is 3.17. The predicted molar refractivity (Wildman–Crippen MR) is 50.8 cm³/mol. The second-order valence-electron chi connectivity index (χ2n) is 3.17. The smallest absolute Gasteiger partial charge is 0.339 e. The second-order valence-corrected chi connectivity index (χ2v) is 3.17. The molecular weight excluding hydrogens is 184 g/mol. The number of fused-ring (bicyclic) bond motifs is 1. The van der Waals surface area contributed by atoms with Crippen LogP contribution in [-0.4, -0.2) is 22.2 Å². The van der Waals surface area contributed by atoms with Gasteiger partial charge in [-0.25, -0.2) is 4.79 Å². The Labute approximate surface area is 80.0 Å². The van der Waals surface area contributed by atoms with Crippen LogP contribution in [0.2, 0.25) is 0 Å². The number of pyridine rings is 1. The molecule has 14 heavy (non-hydrogen) atoms. The number of nitrogens with zero attached hydrogens (tertiary/aromatic N) is 1. The molecule has 0 unspecified atom stereocenters. The summed E-state index contributed by atoms with van der Waals surface area (Å²) in [4.78, 5) is 22.2. The van der Waals surface area contributed by atoms with Gasteiger partial charge in [0.25, 0.3) is 5.56 Å². The fraction of sp³-hybridized carbons (Fsp3) is 0.333. The van der Waals surface area contributed by atoms with Crippen LogP contribution in [0.25, 0.3) is 0 Å². The Balaban J connectivity index is 2.65. The Morgan fingerprint density at radius 2 is 2.29 bits per heavy atom. The molecule has 0 aliphatic carbocycles. The molecule has 1 aromatic rings. The van der Waals surface area contributed by atoms with Crippen LogP contribution in [0.4, 0.5) is 5.82 Å². The molecule has 0 aromatic carbocycles. The van der Waals surface area contributed by atoms with Crippen LogP contribution in [0, 0.1) is 0 Å². The van der Waals surface area contributed by atoms with Crippen LogP contribution in [0.5, 0.6) is 0 Å². The number of carbonyl (C=O) groups is 1. The maximum atomic E-state index is 11.4. The van der Waals surface area contributed by atoms with Crippen molar-refractivity contribution in [2.24, 2.45) is 0 Å². The van der Waals surface area contributed by atoms with Crippen molar-refractivity contribution in [1.29, 1.82) is 0 Å². The SMILES string of the molecule is O=C(O)c1ccc(=O)n2c1NCCC2. The highest BCUT2D eigenvalue weighted by Crippen LogP contribution is 2.16. The molecule has 0 fully saturated rings. The lowest BCUT2D eigenvalue weighted by Crippen LogP contribution is -2.30. The van der Waals surface area contributed by atoms with Crippen LogP contribution in [-0.2, 0) is 6.54 Å². The van der Waals surface area contributed by atoms with E-state index in [0.29, 0.717) is 18.9 Å². The third kappa shape index (κ3) is 1.26. The molecule has 1 aliphatic heterocycles. The normalized spacial score (nSPS) is 14.3. The Kier molecular flexibility index (Phi) is 1.99. The fourth-order valence-corrected chi connectivity index (χ4v) is 1.61. The predicted octanol–water partition coefficient (Wildman–Crippen LogP) is 0.362. The highest BCUT2D eigenvalue weighted by molar-refractivity contribution is 5.93. The van der Waals surface area contributed by atoms with Gasteiger partial charge in [-0.2, -0.15) is 0 Å². The number of aromatic carboxylic acids is 1. The van der Waals surface area contributed by atoms with Gasteiger partial charge < -0.3 is 10.4 Å². The van der Waals surface area contributed by atoms with E-state index in [0.717, 1.165) is 6.42 Å². The average molecular weight is 194 g/mol. The topological polar surface area (TPSA) is 71.3 Å². The van der Waals surface area contributed by atoms with Crippen molar-refractivity contribution in [2.45, 2.75) is 13.0 Å². The van der Waals surface area contributed by atoms with E-state index in [1.165, 1.54) is 16.7 Å². The molecule has 5 nitrogen and oxygen atoms in total. The summed E-state index contributed by atoms with van der Waals surface area (Å²) in [6.45, 7) is 1.30. The Bertz CT molecular complexity index is 436. The molecule has 2 N–H and O–H groups in total. The minimum atomic E-state index is -1.01. The van der Waals surface area contributed by atoms with Gasteiger partial charge in [0.1, 0.15) is 11.4 Å². The van der Waals surface area contributed by atoms with Crippen molar-refractivity contribution < 1.29 is 9.90 Å². The van der Waals surface area contributed by atoms with Gasteiger partial charge in [-0.1, -0.05) is 0 Å². The highest BCUT2D eigenvalue weighted by atomic mass is 16.4. The third-order valence-corrected chi connectivity index (χ3v) is 2.26. The summed E-state index contributed by atoms with van der Waals surface area (Å²) in [5.41, 5.74) is 0.00139. The van der Waals surface area contributed by atoms with Gasteiger partial charge in [0.2, 0.25) is 0 Å². The summed E-state index contributed by atoms with van der Waals surface area (Å²) in [7, 11) is 0. The maximum absolute atomic E-state index is 11.4. The lowest BCUT2D eigenvalue weighted by Gasteiger charge is -2.21. The minimum absolute atomic E-state index is 0.155. The summed E-state index contributed by atoms with van der Waals surface area (Å²) < 4.78 is 1.47. The first-order valence-electron chi connectivity index (χ1n) is 4.41. The molecular formula is C9H10N2O3. The molecule has 2 rings (SSSR count). The summed E-state index contributed by atoms with van der Waals surface area (Å²) in [6.07, 6.45) is 0.843. The molecule has 2 heterocycles. The first-order valence-corrected chi connectivity index (χ1v) is 4.41. The standard InChI is InChI=1S/C9H10N2O3/c12-7-3-2-6(9(13)14)8-10-4-1-5-11(7)8/h2-3,10H,1,4-5H2,(H,13,14). The van der Waals surface area contributed by atoms with Crippen molar-refractivity contribution in [1.82, 2.24) is 4.57 Å². The third-order valence-electron chi connectivity index (χ3n) is 2.26. The van der Waals surface area contributed by atoms with Crippen LogP contribution < -0.4 is 10.9 Å². The van der Waals surface area contributed by atoms with E-state index in [1.54, 1.807) is 0 Å². The van der Waals surface area contributed by atoms with Gasteiger partial charge in [0, 0.05) is 19.2 Å². The van der Waals surface area contributed by atoms with E-state index in [4.69, 9.17) is 5.11 Å². The molecule has 0 amide bonds. The molecule has 1 aromatic heterocycles. The Hall–Kier alpha value is -1.78. The van der Waals surface area contributed by atoms with E-state index < -0.39 is 5.97 Å². The van der Waals surface area contributed by atoms with E-state index in [9.17, 15) is 9.59 Å². The maximum Gasteiger partial charge on any atom is 0.339 e. The lowest BCUT2D eigenvalue weighted by atomic mass is 10.2. The zero-order valence-electron chi connectivity index (χ0n) is 7.49. The number of hydrogen-bond acceptors (Lipinski definition) is 3. The molecule has 0 bridgehead atoms. The Morgan fingerprint density at radius 1 is 1.50 bits per heavy atom. The van der Waals surface area contributed by atoms with Crippen molar-refractivity contribution in [2.75, 3.05) is 11.9 Å². The van der Waals surface area contributed by atoms with Crippen molar-refractivity contribution >= 4 is 11.8 Å². The van der Waals surface area contributed by atoms with Gasteiger partial charge in [-0.3, -0.25) is 9.36 Å². The zero-order chi connectivity index (χ0) is 10.1. The molecule has 74 valence electrons. The van der Waals surface area contributed by atoms with Gasteiger partial charge in [0.05, 0.1) is 0 Å². The van der Waals surface area contributed by atoms with Crippen LogP contribution in [0.3, 0.4) is 0 Å². The summed E-state index contributed by atoms with van der Waals surface area (Å²) in [5, 5.41) is 11.8. The number of nitrogens with one attached hydrogen (secondary N) is 1. The molecule has 5 heteroatoms. The lowest BCUT2D eigenvalue weighted by molar-refractivity contribution is 0.0697. The number of carboxylic acid groups (broad SMARTS) is 1. The van der Waals surface area contributed by atoms with Crippen LogP contribution in [0.1, 0.15) is 16.8 Å². The molecule has 0 saturated heterocycles. The fourth-order valence-electron chi connectivity index (χ4n) is 1.61. The van der Waals surface area contributed by atoms with Gasteiger partial charge in [0.15, 0.2) is 0 Å². The van der Waals surface area contributed by atoms with Crippen LogP contribution in [0.15, 0.2) is 16.9 Å². The number of hydrogen-bond donors (Lipinski definition) is 2. The molecule has 1 aliphatic rings. The first-order chi connectivity index (χ1) is 6.70. The van der Waals surface area contributed by atoms with Gasteiger partial charge in [-0.15, -0.1) is 0 Å². The largest absolute Gasteiger partial charge is 0.478 e. The summed E-state index contributed by atoms with van der Waals surface area (Å²) in [5.74, 6) is -0.584. The van der Waals surface area contributed by atoms with Crippen LogP contribution >= 0.6 is 0 Å². The summed E-state index contributed by atoms with van der Waals surface area (Å²) >= 11 is 0. The van der Waals surface area contributed by atoms with Gasteiger partial charge >= 0.3 is 5.97 Å². The molecule has 0 spiro atoms. The number of aromatic nitrogens is 1. The van der Waals surface area contributed by atoms with E-state index in [2.05, 4.69) is 5.32 Å². The zero-order valence-corrected chi connectivity index (χ0v) is 7.49. The number of anilines is 1. The van der Waals surface area contributed by atoms with E-state index in [-0.39, 0.29) is 11.1 Å². The quantitative estimate of drug-likeness (QED) is 0.677. The van der Waals surface area contributed by atoms with Crippen molar-refractivity contribution in [3.63, 3.8) is 0 Å². The van der Waals surface area contributed by atoms with E-state index in [1.807, 2.05) is 0 Å². The molecule has 0 atom stereocenters. The first kappa shape index (κ1) is 8.80. The average Bonchev–Trinajstić information content (AvgIpc) is 2.18.